The maximum atomic E-state index is 11.9. The van der Waals surface area contributed by atoms with Crippen LogP contribution in [0.1, 0.15) is 6.42 Å². The van der Waals surface area contributed by atoms with Crippen molar-refractivity contribution in [1.82, 2.24) is 20.0 Å². The molecule has 2 saturated heterocycles. The van der Waals surface area contributed by atoms with Gasteiger partial charge in [-0.05, 0) is 0 Å². The zero-order valence-corrected chi connectivity index (χ0v) is 11.6. The zero-order chi connectivity index (χ0) is 13.7. The van der Waals surface area contributed by atoms with Crippen molar-refractivity contribution < 1.29 is 4.79 Å². The lowest BCUT2D eigenvalue weighted by Gasteiger charge is -2.46. The van der Waals surface area contributed by atoms with Crippen LogP contribution in [0.3, 0.4) is 0 Å². The number of nitrogens with zero attached hydrogens (tertiary/aromatic N) is 4. The summed E-state index contributed by atoms with van der Waals surface area (Å²) in [5.74, 6) is 0.119. The number of rotatable bonds is 5. The summed E-state index contributed by atoms with van der Waals surface area (Å²) in [6.45, 7) is 7.41. The van der Waals surface area contributed by atoms with Gasteiger partial charge in [-0.2, -0.15) is 5.26 Å². The summed E-state index contributed by atoms with van der Waals surface area (Å²) in [5.41, 5.74) is 0. The second-order valence-corrected chi connectivity index (χ2v) is 5.36. The van der Waals surface area contributed by atoms with Crippen LogP contribution < -0.4 is 5.32 Å². The Morgan fingerprint density at radius 2 is 2.11 bits per heavy atom. The van der Waals surface area contributed by atoms with Crippen molar-refractivity contribution in [3.05, 3.63) is 0 Å². The number of hydrogen-bond acceptors (Lipinski definition) is 5. The molecule has 0 saturated carbocycles. The van der Waals surface area contributed by atoms with Gasteiger partial charge in [-0.25, -0.2) is 0 Å². The number of likely N-dealkylation sites (tertiary alicyclic amines) is 1. The largest absolute Gasteiger partial charge is 0.344 e. The lowest BCUT2D eigenvalue weighted by molar-refractivity contribution is -0.133. The van der Waals surface area contributed by atoms with Crippen LogP contribution in [0.2, 0.25) is 0 Å². The van der Waals surface area contributed by atoms with Gasteiger partial charge in [0.05, 0.1) is 19.0 Å². The fourth-order valence-corrected chi connectivity index (χ4v) is 2.60. The van der Waals surface area contributed by atoms with Crippen LogP contribution in [-0.4, -0.2) is 86.1 Å². The van der Waals surface area contributed by atoms with Crippen LogP contribution in [-0.2, 0) is 4.79 Å². The summed E-state index contributed by atoms with van der Waals surface area (Å²) in [4.78, 5) is 18.2. The first-order valence-corrected chi connectivity index (χ1v) is 6.98. The summed E-state index contributed by atoms with van der Waals surface area (Å²) >= 11 is 0. The lowest BCUT2D eigenvalue weighted by atomic mass is 10.1. The average Bonchev–Trinajstić information content (AvgIpc) is 2.40. The minimum Gasteiger partial charge on any atom is -0.344 e. The van der Waals surface area contributed by atoms with Gasteiger partial charge in [0.15, 0.2) is 0 Å². The minimum absolute atomic E-state index is 0.119. The molecule has 0 aromatic carbocycles. The third-order valence-corrected chi connectivity index (χ3v) is 3.95. The van der Waals surface area contributed by atoms with Crippen molar-refractivity contribution in [3.63, 3.8) is 0 Å². The Balaban J connectivity index is 1.64. The molecule has 6 nitrogen and oxygen atoms in total. The number of nitriles is 1. The van der Waals surface area contributed by atoms with E-state index in [4.69, 9.17) is 5.26 Å². The Morgan fingerprint density at radius 3 is 2.74 bits per heavy atom. The Labute approximate surface area is 114 Å². The van der Waals surface area contributed by atoms with E-state index >= 15 is 0 Å². The summed E-state index contributed by atoms with van der Waals surface area (Å²) in [6.07, 6.45) is 0.408. The fraction of sp³-hybridized carbons (Fsp3) is 0.846. The highest BCUT2D eigenvalue weighted by Crippen LogP contribution is 2.15. The number of amides is 1. The highest BCUT2D eigenvalue weighted by Gasteiger charge is 2.33. The van der Waals surface area contributed by atoms with Gasteiger partial charge in [-0.15, -0.1) is 0 Å². The normalized spacial score (nSPS) is 21.7. The molecule has 0 aromatic rings. The van der Waals surface area contributed by atoms with Gasteiger partial charge in [0.25, 0.3) is 0 Å². The quantitative estimate of drug-likeness (QED) is 0.687. The first kappa shape index (κ1) is 14.3. The molecule has 2 heterocycles. The highest BCUT2D eigenvalue weighted by atomic mass is 16.2. The molecule has 0 bridgehead atoms. The smallest absolute Gasteiger partial charge is 0.236 e. The molecule has 106 valence electrons. The van der Waals surface area contributed by atoms with Crippen LogP contribution in [0, 0.1) is 11.3 Å². The molecule has 0 unspecified atom stereocenters. The predicted molar refractivity (Wildman–Crippen MR) is 72.5 cm³/mol. The Hall–Kier alpha value is -1.16. The van der Waals surface area contributed by atoms with Crippen molar-refractivity contribution in [2.24, 2.45) is 0 Å². The Bertz CT molecular complexity index is 341. The molecule has 1 amide bonds. The maximum absolute atomic E-state index is 11.9. The lowest BCUT2D eigenvalue weighted by Crippen LogP contribution is -2.63. The van der Waals surface area contributed by atoms with Gasteiger partial charge in [0.1, 0.15) is 0 Å². The summed E-state index contributed by atoms with van der Waals surface area (Å²) in [7, 11) is 1.77. The van der Waals surface area contributed by atoms with Crippen molar-refractivity contribution in [1.29, 1.82) is 5.26 Å². The standard InChI is InChI=1S/C13H23N5O/c1-16(6-2-3-14)13(19)11-17-9-12(10-17)18-7-4-15-5-8-18/h12,15H,2,4-11H2,1H3. The Kier molecular flexibility index (Phi) is 5.14. The molecule has 6 heteroatoms. The summed E-state index contributed by atoms with van der Waals surface area (Å²) < 4.78 is 0. The number of carbonyl (C=O) groups is 1. The number of hydrogen-bond donors (Lipinski definition) is 1. The van der Waals surface area contributed by atoms with Crippen LogP contribution in [0.25, 0.3) is 0 Å². The first-order valence-electron chi connectivity index (χ1n) is 6.98. The minimum atomic E-state index is 0.119. The molecule has 2 aliphatic rings. The predicted octanol–water partition coefficient (Wildman–Crippen LogP) is -1.05. The molecule has 0 spiro atoms. The third kappa shape index (κ3) is 3.90. The monoisotopic (exact) mass is 265 g/mol. The zero-order valence-electron chi connectivity index (χ0n) is 11.6. The highest BCUT2D eigenvalue weighted by molar-refractivity contribution is 5.78. The molecule has 0 aromatic heterocycles. The average molecular weight is 265 g/mol. The van der Waals surface area contributed by atoms with E-state index in [0.717, 1.165) is 39.3 Å². The molecule has 2 aliphatic heterocycles. The Morgan fingerprint density at radius 1 is 1.42 bits per heavy atom. The number of carbonyl (C=O) groups excluding carboxylic acids is 1. The van der Waals surface area contributed by atoms with Crippen molar-refractivity contribution in [2.75, 3.05) is 59.4 Å². The first-order chi connectivity index (χ1) is 9.20. The van der Waals surface area contributed by atoms with E-state index in [1.165, 1.54) is 0 Å². The molecular formula is C13H23N5O. The van der Waals surface area contributed by atoms with E-state index in [9.17, 15) is 4.79 Å². The second-order valence-electron chi connectivity index (χ2n) is 5.36. The molecular weight excluding hydrogens is 242 g/mol. The summed E-state index contributed by atoms with van der Waals surface area (Å²) in [5, 5.41) is 11.9. The van der Waals surface area contributed by atoms with Crippen molar-refractivity contribution >= 4 is 5.91 Å². The molecule has 0 atom stereocenters. The molecule has 0 radical (unpaired) electrons. The van der Waals surface area contributed by atoms with Crippen LogP contribution in [0.15, 0.2) is 0 Å². The van der Waals surface area contributed by atoms with Gasteiger partial charge >= 0.3 is 0 Å². The molecule has 19 heavy (non-hydrogen) atoms. The van der Waals surface area contributed by atoms with Crippen LogP contribution in [0.4, 0.5) is 0 Å². The molecule has 1 N–H and O–H groups in total. The van der Waals surface area contributed by atoms with Gasteiger partial charge in [-0.3, -0.25) is 14.6 Å². The van der Waals surface area contributed by atoms with E-state index in [-0.39, 0.29) is 5.91 Å². The third-order valence-electron chi connectivity index (χ3n) is 3.95. The van der Waals surface area contributed by atoms with Gasteiger partial charge in [0.2, 0.25) is 5.91 Å². The summed E-state index contributed by atoms with van der Waals surface area (Å²) in [6, 6.07) is 2.69. The second kappa shape index (κ2) is 6.85. The number of piperazine rings is 1. The van der Waals surface area contributed by atoms with Gasteiger partial charge < -0.3 is 10.2 Å². The number of nitrogens with one attached hydrogen (secondary N) is 1. The molecule has 2 fully saturated rings. The van der Waals surface area contributed by atoms with E-state index in [0.29, 0.717) is 25.6 Å². The number of likely N-dealkylation sites (N-methyl/N-ethyl adjacent to an activating group) is 1. The van der Waals surface area contributed by atoms with Crippen molar-refractivity contribution in [2.45, 2.75) is 12.5 Å². The van der Waals surface area contributed by atoms with Gasteiger partial charge in [0, 0.05) is 58.9 Å². The van der Waals surface area contributed by atoms with Crippen molar-refractivity contribution in [3.8, 4) is 6.07 Å². The van der Waals surface area contributed by atoms with Gasteiger partial charge in [-0.1, -0.05) is 0 Å². The van der Waals surface area contributed by atoms with E-state index < -0.39 is 0 Å². The topological polar surface area (TPSA) is 62.6 Å². The van der Waals surface area contributed by atoms with E-state index in [1.54, 1.807) is 11.9 Å². The molecule has 0 aliphatic carbocycles. The fourth-order valence-electron chi connectivity index (χ4n) is 2.60. The maximum Gasteiger partial charge on any atom is 0.236 e. The van der Waals surface area contributed by atoms with Crippen LogP contribution >= 0.6 is 0 Å². The van der Waals surface area contributed by atoms with Crippen LogP contribution in [0.5, 0.6) is 0 Å². The van der Waals surface area contributed by atoms with E-state index in [1.807, 2.05) is 0 Å². The molecule has 2 rings (SSSR count). The SMILES string of the molecule is CN(CCC#N)C(=O)CN1CC(N2CCNCC2)C1. The van der Waals surface area contributed by atoms with E-state index in [2.05, 4.69) is 21.2 Å².